The van der Waals surface area contributed by atoms with Crippen LogP contribution in [0.1, 0.15) is 18.7 Å². The van der Waals surface area contributed by atoms with Crippen molar-refractivity contribution in [1.29, 1.82) is 0 Å². The summed E-state index contributed by atoms with van der Waals surface area (Å²) in [6.07, 6.45) is 1.67. The first-order valence-electron chi connectivity index (χ1n) is 6.97. The van der Waals surface area contributed by atoms with E-state index < -0.39 is 0 Å². The van der Waals surface area contributed by atoms with Crippen molar-refractivity contribution in [3.8, 4) is 0 Å². The zero-order chi connectivity index (χ0) is 14.1. The molecule has 1 aromatic carbocycles. The number of benzene rings is 1. The van der Waals surface area contributed by atoms with Crippen molar-refractivity contribution < 1.29 is 9.53 Å². The van der Waals surface area contributed by atoms with Crippen LogP contribution in [0.25, 0.3) is 11.0 Å². The lowest BCUT2D eigenvalue weighted by Gasteiger charge is -2.11. The number of fused-ring (bicyclic) bond motifs is 1. The van der Waals surface area contributed by atoms with E-state index in [0.717, 1.165) is 29.7 Å². The van der Waals surface area contributed by atoms with E-state index >= 15 is 0 Å². The minimum Gasteiger partial charge on any atom is -0.366 e. The van der Waals surface area contributed by atoms with Crippen LogP contribution in [-0.4, -0.2) is 34.1 Å². The SMILES string of the molecule is Cn1c(CC(=O)C2CCC(CN)O2)nc2ccccc21. The molecule has 2 heterocycles. The molecule has 5 heteroatoms. The maximum Gasteiger partial charge on any atom is 0.169 e. The standard InChI is InChI=1S/C15H19N3O2/c1-18-12-5-3-2-4-11(12)17-15(18)8-13(19)14-7-6-10(9-16)20-14/h2-5,10,14H,6-9,16H2,1H3. The number of hydrogen-bond donors (Lipinski definition) is 1. The molecule has 1 aliphatic rings. The summed E-state index contributed by atoms with van der Waals surface area (Å²) in [5, 5.41) is 0. The summed E-state index contributed by atoms with van der Waals surface area (Å²) in [6.45, 7) is 0.482. The topological polar surface area (TPSA) is 70.1 Å². The third-order valence-corrected chi connectivity index (χ3v) is 3.94. The van der Waals surface area contributed by atoms with Crippen molar-refractivity contribution in [2.45, 2.75) is 31.5 Å². The first-order valence-corrected chi connectivity index (χ1v) is 6.97. The number of hydrogen-bond acceptors (Lipinski definition) is 4. The van der Waals surface area contributed by atoms with Crippen LogP contribution in [0, 0.1) is 0 Å². The molecule has 2 atom stereocenters. The molecule has 5 nitrogen and oxygen atoms in total. The summed E-state index contributed by atoms with van der Waals surface area (Å²) in [5.74, 6) is 0.885. The van der Waals surface area contributed by atoms with Gasteiger partial charge in [-0.1, -0.05) is 12.1 Å². The second kappa shape index (κ2) is 5.34. The number of carbonyl (C=O) groups is 1. The smallest absolute Gasteiger partial charge is 0.169 e. The number of Topliss-reactive ketones (excluding diaryl/α,β-unsaturated/α-hetero) is 1. The monoisotopic (exact) mass is 273 g/mol. The highest BCUT2D eigenvalue weighted by atomic mass is 16.5. The Balaban J connectivity index is 1.76. The summed E-state index contributed by atoms with van der Waals surface area (Å²) < 4.78 is 7.62. The number of nitrogens with two attached hydrogens (primary N) is 1. The lowest BCUT2D eigenvalue weighted by molar-refractivity contribution is -0.129. The fourth-order valence-corrected chi connectivity index (χ4v) is 2.74. The molecule has 0 bridgehead atoms. The Morgan fingerprint density at radius 1 is 1.45 bits per heavy atom. The van der Waals surface area contributed by atoms with Gasteiger partial charge in [0.2, 0.25) is 0 Å². The number of para-hydroxylation sites is 2. The van der Waals surface area contributed by atoms with Crippen molar-refractivity contribution in [2.24, 2.45) is 12.8 Å². The van der Waals surface area contributed by atoms with Gasteiger partial charge in [0, 0.05) is 13.6 Å². The van der Waals surface area contributed by atoms with Crippen LogP contribution in [0.2, 0.25) is 0 Å². The molecule has 106 valence electrons. The molecule has 0 aliphatic carbocycles. The van der Waals surface area contributed by atoms with Crippen molar-refractivity contribution in [3.63, 3.8) is 0 Å². The summed E-state index contributed by atoms with van der Waals surface area (Å²) in [6, 6.07) is 7.89. The summed E-state index contributed by atoms with van der Waals surface area (Å²) in [7, 11) is 1.94. The third-order valence-electron chi connectivity index (χ3n) is 3.94. The highest BCUT2D eigenvalue weighted by Crippen LogP contribution is 2.21. The van der Waals surface area contributed by atoms with Gasteiger partial charge in [-0.25, -0.2) is 4.98 Å². The molecule has 1 fully saturated rings. The number of aryl methyl sites for hydroxylation is 1. The Kier molecular flexibility index (Phi) is 3.54. The van der Waals surface area contributed by atoms with Crippen LogP contribution in [0.3, 0.4) is 0 Å². The number of aromatic nitrogens is 2. The molecule has 0 amide bonds. The van der Waals surface area contributed by atoms with Crippen LogP contribution in [-0.2, 0) is 23.0 Å². The van der Waals surface area contributed by atoms with E-state index in [2.05, 4.69) is 4.98 Å². The van der Waals surface area contributed by atoms with E-state index in [1.54, 1.807) is 0 Å². The second-order valence-electron chi connectivity index (χ2n) is 5.28. The minimum absolute atomic E-state index is 0.0318. The van der Waals surface area contributed by atoms with Crippen LogP contribution >= 0.6 is 0 Å². The fourth-order valence-electron chi connectivity index (χ4n) is 2.74. The van der Waals surface area contributed by atoms with E-state index in [1.165, 1.54) is 0 Å². The van der Waals surface area contributed by atoms with Crippen molar-refractivity contribution in [1.82, 2.24) is 9.55 Å². The van der Waals surface area contributed by atoms with Gasteiger partial charge in [0.1, 0.15) is 11.9 Å². The second-order valence-corrected chi connectivity index (χ2v) is 5.28. The normalized spacial score (nSPS) is 22.5. The van der Waals surface area contributed by atoms with Crippen LogP contribution in [0.15, 0.2) is 24.3 Å². The van der Waals surface area contributed by atoms with Gasteiger partial charge in [-0.2, -0.15) is 0 Å². The number of ketones is 1. The molecule has 20 heavy (non-hydrogen) atoms. The highest BCUT2D eigenvalue weighted by molar-refractivity contribution is 5.86. The predicted octanol–water partition coefficient (Wildman–Crippen LogP) is 1.19. The number of ether oxygens (including phenoxy) is 1. The molecule has 1 saturated heterocycles. The van der Waals surface area contributed by atoms with Crippen LogP contribution in [0.4, 0.5) is 0 Å². The van der Waals surface area contributed by atoms with E-state index in [0.29, 0.717) is 13.0 Å². The number of carbonyl (C=O) groups excluding carboxylic acids is 1. The van der Waals surface area contributed by atoms with E-state index in [1.807, 2.05) is 35.9 Å². The zero-order valence-electron chi connectivity index (χ0n) is 11.6. The molecule has 1 aromatic heterocycles. The molecule has 3 rings (SSSR count). The maximum absolute atomic E-state index is 12.3. The van der Waals surface area contributed by atoms with Gasteiger partial charge in [0.25, 0.3) is 0 Å². The molecule has 0 radical (unpaired) electrons. The number of rotatable bonds is 4. The van der Waals surface area contributed by atoms with Crippen molar-refractivity contribution in [3.05, 3.63) is 30.1 Å². The molecule has 2 N–H and O–H groups in total. The zero-order valence-corrected chi connectivity index (χ0v) is 11.6. The van der Waals surface area contributed by atoms with Crippen LogP contribution < -0.4 is 5.73 Å². The maximum atomic E-state index is 12.3. The number of nitrogens with zero attached hydrogens (tertiary/aromatic N) is 2. The molecule has 0 saturated carbocycles. The van der Waals surface area contributed by atoms with E-state index in [-0.39, 0.29) is 18.0 Å². The van der Waals surface area contributed by atoms with Crippen molar-refractivity contribution in [2.75, 3.05) is 6.54 Å². The lowest BCUT2D eigenvalue weighted by atomic mass is 10.1. The van der Waals surface area contributed by atoms with Gasteiger partial charge >= 0.3 is 0 Å². The summed E-state index contributed by atoms with van der Waals surface area (Å²) in [5.41, 5.74) is 7.54. The molecule has 1 aliphatic heterocycles. The average Bonchev–Trinajstić information content (AvgIpc) is 3.05. The van der Waals surface area contributed by atoms with Gasteiger partial charge in [-0.15, -0.1) is 0 Å². The first kappa shape index (κ1) is 13.3. The molecule has 2 aromatic rings. The Hall–Kier alpha value is -1.72. The Labute approximate surface area is 117 Å². The van der Waals surface area contributed by atoms with E-state index in [4.69, 9.17) is 10.5 Å². The first-order chi connectivity index (χ1) is 9.69. The minimum atomic E-state index is -0.316. The number of imidazole rings is 1. The van der Waals surface area contributed by atoms with Gasteiger partial charge in [-0.3, -0.25) is 4.79 Å². The highest BCUT2D eigenvalue weighted by Gasteiger charge is 2.30. The largest absolute Gasteiger partial charge is 0.366 e. The van der Waals surface area contributed by atoms with Gasteiger partial charge in [0.15, 0.2) is 5.78 Å². The van der Waals surface area contributed by atoms with Crippen molar-refractivity contribution >= 4 is 16.8 Å². The summed E-state index contributed by atoms with van der Waals surface area (Å²) >= 11 is 0. The predicted molar refractivity (Wildman–Crippen MR) is 76.4 cm³/mol. The molecular weight excluding hydrogens is 254 g/mol. The molecule has 0 spiro atoms. The van der Waals surface area contributed by atoms with Gasteiger partial charge < -0.3 is 15.0 Å². The fraction of sp³-hybridized carbons (Fsp3) is 0.467. The Morgan fingerprint density at radius 2 is 2.25 bits per heavy atom. The Bertz CT molecular complexity index is 635. The lowest BCUT2D eigenvalue weighted by Crippen LogP contribution is -2.26. The quantitative estimate of drug-likeness (QED) is 0.908. The Morgan fingerprint density at radius 3 is 2.95 bits per heavy atom. The van der Waals surface area contributed by atoms with Crippen LogP contribution in [0.5, 0.6) is 0 Å². The third kappa shape index (κ3) is 2.34. The average molecular weight is 273 g/mol. The van der Waals surface area contributed by atoms with Gasteiger partial charge in [0.05, 0.1) is 23.6 Å². The van der Waals surface area contributed by atoms with Gasteiger partial charge in [-0.05, 0) is 25.0 Å². The molecule has 2 unspecified atom stereocenters. The van der Waals surface area contributed by atoms with E-state index in [9.17, 15) is 4.79 Å². The summed E-state index contributed by atoms with van der Waals surface area (Å²) in [4.78, 5) is 16.8. The molecular formula is C15H19N3O2.